The number of amides is 2. The van der Waals surface area contributed by atoms with E-state index in [0.717, 1.165) is 4.80 Å². The first-order chi connectivity index (χ1) is 17.7. The molecule has 0 saturated heterocycles. The smallest absolute Gasteiger partial charge is 0.408 e. The minimum Gasteiger partial charge on any atom is -0.480 e. The van der Waals surface area contributed by atoms with Crippen LogP contribution in [-0.4, -0.2) is 72.7 Å². The average Bonchev–Trinajstić information content (AvgIpc) is 3.44. The summed E-state index contributed by atoms with van der Waals surface area (Å²) in [5.41, 5.74) is 0.352. The molecule has 14 heteroatoms. The maximum Gasteiger partial charge on any atom is 0.408 e. The molecular formula is C24H28BrN7O6. The number of carbonyl (C=O) groups is 4. The number of aromatic nitrogens is 5. The molecule has 2 heterocycles. The summed E-state index contributed by atoms with van der Waals surface area (Å²) in [7, 11) is 1.44. The van der Waals surface area contributed by atoms with E-state index in [9.17, 15) is 24.3 Å². The second-order valence-corrected chi connectivity index (χ2v) is 10.3. The van der Waals surface area contributed by atoms with Gasteiger partial charge in [0, 0.05) is 17.1 Å². The lowest BCUT2D eigenvalue weighted by molar-refractivity contribution is -0.140. The number of aromatic amines is 1. The molecule has 0 aliphatic carbocycles. The van der Waals surface area contributed by atoms with Crippen LogP contribution in [0.3, 0.4) is 0 Å². The van der Waals surface area contributed by atoms with E-state index in [1.54, 1.807) is 52.0 Å². The summed E-state index contributed by atoms with van der Waals surface area (Å²) < 4.78 is 5.85. The predicted molar refractivity (Wildman–Crippen MR) is 139 cm³/mol. The molecule has 2 amide bonds. The van der Waals surface area contributed by atoms with E-state index in [1.807, 2.05) is 0 Å². The maximum absolute atomic E-state index is 13.4. The van der Waals surface area contributed by atoms with Crippen LogP contribution in [0.2, 0.25) is 0 Å². The van der Waals surface area contributed by atoms with Crippen molar-refractivity contribution in [3.8, 4) is 11.5 Å². The molecule has 4 N–H and O–H groups in total. The van der Waals surface area contributed by atoms with Crippen LogP contribution >= 0.6 is 15.9 Å². The highest BCUT2D eigenvalue weighted by Gasteiger charge is 2.33. The van der Waals surface area contributed by atoms with Gasteiger partial charge in [0.05, 0.1) is 11.3 Å². The van der Waals surface area contributed by atoms with E-state index in [4.69, 9.17) is 4.74 Å². The minimum atomic E-state index is -1.44. The number of aliphatic carboxylic acids is 1. The van der Waals surface area contributed by atoms with E-state index in [2.05, 4.69) is 47.0 Å². The number of ether oxygens (including phenoxy) is 1. The zero-order chi connectivity index (χ0) is 28.4. The van der Waals surface area contributed by atoms with Crippen molar-refractivity contribution in [3.63, 3.8) is 0 Å². The maximum atomic E-state index is 13.4. The summed E-state index contributed by atoms with van der Waals surface area (Å²) >= 11 is 3.35. The minimum absolute atomic E-state index is 0.0179. The fourth-order valence-electron chi connectivity index (χ4n) is 3.62. The first-order valence-electron chi connectivity index (χ1n) is 11.5. The second kappa shape index (κ2) is 11.1. The van der Waals surface area contributed by atoms with Crippen LogP contribution in [0.15, 0.2) is 28.7 Å². The molecule has 0 aliphatic heterocycles. The molecule has 0 aliphatic rings. The molecule has 1 aromatic carbocycles. The van der Waals surface area contributed by atoms with Gasteiger partial charge >= 0.3 is 12.1 Å². The molecule has 3 aromatic rings. The zero-order valence-electron chi connectivity index (χ0n) is 21.6. The number of rotatable bonds is 8. The van der Waals surface area contributed by atoms with Crippen molar-refractivity contribution in [2.45, 2.75) is 52.3 Å². The SMILES string of the molecule is CNC(=O)c1[nH]c(-c2nnn(C(C)C(NC(=O)OC(C)(C)C)C(=O)O)n2)c(C)c1C(=O)c1cccc(Br)c1. The molecule has 202 valence electrons. The highest BCUT2D eigenvalue weighted by Crippen LogP contribution is 2.28. The molecule has 0 bridgehead atoms. The van der Waals surface area contributed by atoms with Gasteiger partial charge in [-0.05, 0) is 57.5 Å². The van der Waals surface area contributed by atoms with Crippen molar-refractivity contribution in [2.75, 3.05) is 7.05 Å². The molecule has 38 heavy (non-hydrogen) atoms. The van der Waals surface area contributed by atoms with Gasteiger partial charge in [0.15, 0.2) is 11.8 Å². The van der Waals surface area contributed by atoms with Gasteiger partial charge < -0.3 is 25.5 Å². The molecule has 0 saturated carbocycles. The average molecular weight is 590 g/mol. The van der Waals surface area contributed by atoms with Crippen LogP contribution in [0.25, 0.3) is 11.5 Å². The summed E-state index contributed by atoms with van der Waals surface area (Å²) in [4.78, 5) is 54.0. The van der Waals surface area contributed by atoms with E-state index in [1.165, 1.54) is 14.0 Å². The van der Waals surface area contributed by atoms with Crippen molar-refractivity contribution in [2.24, 2.45) is 0 Å². The Balaban J connectivity index is 1.98. The van der Waals surface area contributed by atoms with Gasteiger partial charge in [-0.3, -0.25) is 9.59 Å². The lowest BCUT2D eigenvalue weighted by Gasteiger charge is -2.24. The summed E-state index contributed by atoms with van der Waals surface area (Å²) in [5, 5.41) is 26.7. The number of alkyl carbamates (subject to hydrolysis) is 1. The molecule has 0 spiro atoms. The highest BCUT2D eigenvalue weighted by molar-refractivity contribution is 9.10. The predicted octanol–water partition coefficient (Wildman–Crippen LogP) is 2.87. The number of halogens is 1. The summed E-state index contributed by atoms with van der Waals surface area (Å²) in [6.07, 6.45) is -0.914. The topological polar surface area (TPSA) is 181 Å². The van der Waals surface area contributed by atoms with Gasteiger partial charge in [-0.15, -0.1) is 10.2 Å². The third-order valence-electron chi connectivity index (χ3n) is 5.45. The first kappa shape index (κ1) is 28.5. The van der Waals surface area contributed by atoms with Crippen molar-refractivity contribution >= 4 is 39.7 Å². The Hall–Kier alpha value is -4.07. The van der Waals surface area contributed by atoms with Crippen LogP contribution in [0.4, 0.5) is 4.79 Å². The quantitative estimate of drug-likeness (QED) is 0.287. The fraction of sp³-hybridized carbons (Fsp3) is 0.375. The first-order valence-corrected chi connectivity index (χ1v) is 12.3. The van der Waals surface area contributed by atoms with Crippen molar-refractivity contribution in [1.29, 1.82) is 0 Å². The monoisotopic (exact) mass is 589 g/mol. The number of hydrogen-bond acceptors (Lipinski definition) is 8. The van der Waals surface area contributed by atoms with Crippen molar-refractivity contribution in [3.05, 3.63) is 51.1 Å². The van der Waals surface area contributed by atoms with E-state index in [0.29, 0.717) is 15.6 Å². The van der Waals surface area contributed by atoms with Crippen LogP contribution in [0.5, 0.6) is 0 Å². The lowest BCUT2D eigenvalue weighted by atomic mass is 9.99. The fourth-order valence-corrected chi connectivity index (χ4v) is 4.02. The highest BCUT2D eigenvalue weighted by atomic mass is 79.9. The Bertz CT molecular complexity index is 1390. The molecule has 0 radical (unpaired) electrons. The number of carboxylic acid groups (broad SMARTS) is 1. The number of carbonyl (C=O) groups excluding carboxylic acids is 3. The summed E-state index contributed by atoms with van der Waals surface area (Å²) in [6.45, 7) is 8.08. The number of hydrogen-bond donors (Lipinski definition) is 4. The van der Waals surface area contributed by atoms with Gasteiger partial charge in [0.2, 0.25) is 5.82 Å². The van der Waals surface area contributed by atoms with Crippen LogP contribution < -0.4 is 10.6 Å². The number of nitrogens with one attached hydrogen (secondary N) is 3. The second-order valence-electron chi connectivity index (χ2n) is 9.43. The van der Waals surface area contributed by atoms with Crippen LogP contribution in [-0.2, 0) is 9.53 Å². The number of carboxylic acids is 1. The normalized spacial score (nSPS) is 12.9. The lowest BCUT2D eigenvalue weighted by Crippen LogP contribution is -2.48. The summed E-state index contributed by atoms with van der Waals surface area (Å²) in [6, 6.07) is 4.34. The Morgan fingerprint density at radius 2 is 1.89 bits per heavy atom. The largest absolute Gasteiger partial charge is 0.480 e. The molecule has 2 unspecified atom stereocenters. The van der Waals surface area contributed by atoms with E-state index in [-0.39, 0.29) is 22.8 Å². The third-order valence-corrected chi connectivity index (χ3v) is 5.95. The van der Waals surface area contributed by atoms with Gasteiger partial charge in [0.25, 0.3) is 5.91 Å². The van der Waals surface area contributed by atoms with Gasteiger partial charge in [-0.25, -0.2) is 9.59 Å². The molecular weight excluding hydrogens is 562 g/mol. The van der Waals surface area contributed by atoms with E-state index >= 15 is 0 Å². The number of ketones is 1. The van der Waals surface area contributed by atoms with Crippen molar-refractivity contribution < 1.29 is 29.0 Å². The molecule has 3 rings (SSSR count). The Kier molecular flexibility index (Phi) is 8.35. The van der Waals surface area contributed by atoms with Gasteiger partial charge in [-0.1, -0.05) is 28.1 Å². The van der Waals surface area contributed by atoms with Crippen LogP contribution in [0, 0.1) is 6.92 Å². The van der Waals surface area contributed by atoms with Gasteiger partial charge in [-0.2, -0.15) is 4.80 Å². The van der Waals surface area contributed by atoms with Crippen LogP contribution in [0.1, 0.15) is 65.7 Å². The molecule has 0 fully saturated rings. The van der Waals surface area contributed by atoms with E-state index < -0.39 is 41.4 Å². The van der Waals surface area contributed by atoms with Gasteiger partial charge in [0.1, 0.15) is 17.3 Å². The number of tetrazole rings is 1. The van der Waals surface area contributed by atoms with Crippen molar-refractivity contribution in [1.82, 2.24) is 35.8 Å². The number of benzene rings is 1. The standard InChI is InChI=1S/C24H28BrN7O6/c1-11-15(19(33)13-8-7-9-14(25)10-13)18(21(34)26-6)27-16(11)20-29-31-32(30-20)12(2)17(22(35)36)28-23(37)38-24(3,4)5/h7-10,12,17,27H,1-6H3,(H,26,34)(H,28,37)(H,35,36). The Morgan fingerprint density at radius 1 is 1.21 bits per heavy atom. The zero-order valence-corrected chi connectivity index (χ0v) is 23.2. The molecule has 2 aromatic heterocycles. The molecule has 2 atom stereocenters. The number of nitrogens with zero attached hydrogens (tertiary/aromatic N) is 4. The summed E-state index contributed by atoms with van der Waals surface area (Å²) in [5.74, 6) is -2.22. The molecule has 13 nitrogen and oxygen atoms in total. The number of H-pyrrole nitrogens is 1. The third kappa shape index (κ3) is 6.25. The Labute approximate surface area is 226 Å². The Morgan fingerprint density at radius 3 is 2.47 bits per heavy atom.